The van der Waals surface area contributed by atoms with E-state index < -0.39 is 5.72 Å². The second-order valence-corrected chi connectivity index (χ2v) is 4.84. The number of halogens is 1. The summed E-state index contributed by atoms with van der Waals surface area (Å²) in [5.41, 5.74) is -0.525. The molecule has 0 saturated carbocycles. The minimum atomic E-state index is -1.18. The summed E-state index contributed by atoms with van der Waals surface area (Å²) in [5.74, 6) is -0.316. The molecule has 0 spiro atoms. The molecule has 1 aliphatic rings. The standard InChI is InChI=1S/C14H20FNO2/c15-13-6-4-12(5-7-13)14(18,8-11-17)16-9-2-1-3-10-16/h4-7,17-18H,1-3,8-11H2. The van der Waals surface area contributed by atoms with Gasteiger partial charge in [0.25, 0.3) is 0 Å². The molecule has 100 valence electrons. The molecule has 1 saturated heterocycles. The number of hydrogen-bond donors (Lipinski definition) is 2. The summed E-state index contributed by atoms with van der Waals surface area (Å²) in [5, 5.41) is 20.0. The maximum atomic E-state index is 13.0. The van der Waals surface area contributed by atoms with Crippen LogP contribution in [0.5, 0.6) is 0 Å². The van der Waals surface area contributed by atoms with Gasteiger partial charge in [0.1, 0.15) is 11.5 Å². The molecule has 4 heteroatoms. The van der Waals surface area contributed by atoms with Crippen LogP contribution in [0.4, 0.5) is 4.39 Å². The second kappa shape index (κ2) is 5.78. The lowest BCUT2D eigenvalue weighted by Gasteiger charge is -2.42. The third-order valence-electron chi connectivity index (χ3n) is 3.65. The number of nitrogens with zero attached hydrogens (tertiary/aromatic N) is 1. The summed E-state index contributed by atoms with van der Waals surface area (Å²) in [7, 11) is 0. The van der Waals surface area contributed by atoms with Gasteiger partial charge in [-0.05, 0) is 30.5 Å². The number of rotatable bonds is 4. The Morgan fingerprint density at radius 2 is 1.72 bits per heavy atom. The minimum absolute atomic E-state index is 0.0929. The van der Waals surface area contributed by atoms with Gasteiger partial charge in [-0.25, -0.2) is 4.39 Å². The average Bonchev–Trinajstić information content (AvgIpc) is 2.40. The van der Waals surface area contributed by atoms with E-state index in [-0.39, 0.29) is 18.8 Å². The molecule has 1 aromatic rings. The second-order valence-electron chi connectivity index (χ2n) is 4.84. The highest BCUT2D eigenvalue weighted by Crippen LogP contribution is 2.31. The smallest absolute Gasteiger partial charge is 0.146 e. The lowest BCUT2D eigenvalue weighted by Crippen LogP contribution is -2.49. The van der Waals surface area contributed by atoms with E-state index in [0.717, 1.165) is 25.9 Å². The topological polar surface area (TPSA) is 43.7 Å². The maximum Gasteiger partial charge on any atom is 0.146 e. The zero-order valence-corrected chi connectivity index (χ0v) is 10.5. The molecule has 0 aliphatic carbocycles. The van der Waals surface area contributed by atoms with Gasteiger partial charge in [-0.1, -0.05) is 18.6 Å². The van der Waals surface area contributed by atoms with Crippen molar-refractivity contribution in [2.75, 3.05) is 19.7 Å². The van der Waals surface area contributed by atoms with Crippen LogP contribution < -0.4 is 0 Å². The zero-order chi connectivity index (χ0) is 13.0. The first kappa shape index (κ1) is 13.5. The third-order valence-corrected chi connectivity index (χ3v) is 3.65. The number of benzene rings is 1. The fraction of sp³-hybridized carbons (Fsp3) is 0.571. The Hall–Kier alpha value is -0.970. The Bertz CT molecular complexity index is 376. The molecule has 0 bridgehead atoms. The third kappa shape index (κ3) is 2.71. The fourth-order valence-corrected chi connectivity index (χ4v) is 2.62. The van der Waals surface area contributed by atoms with Crippen molar-refractivity contribution in [2.24, 2.45) is 0 Å². The zero-order valence-electron chi connectivity index (χ0n) is 10.5. The molecular formula is C14H20FNO2. The molecule has 1 atom stereocenters. The van der Waals surface area contributed by atoms with Gasteiger partial charge >= 0.3 is 0 Å². The molecule has 0 radical (unpaired) electrons. The monoisotopic (exact) mass is 253 g/mol. The largest absolute Gasteiger partial charge is 0.396 e. The lowest BCUT2D eigenvalue weighted by atomic mass is 9.95. The molecule has 0 aromatic heterocycles. The predicted molar refractivity (Wildman–Crippen MR) is 67.4 cm³/mol. The van der Waals surface area contributed by atoms with E-state index in [0.29, 0.717) is 5.56 Å². The number of hydrogen-bond acceptors (Lipinski definition) is 3. The predicted octanol–water partition coefficient (Wildman–Crippen LogP) is 1.84. The molecule has 1 heterocycles. The highest BCUT2D eigenvalue weighted by atomic mass is 19.1. The Morgan fingerprint density at radius 3 is 2.28 bits per heavy atom. The Balaban J connectivity index is 2.26. The molecule has 1 fully saturated rings. The summed E-state index contributed by atoms with van der Waals surface area (Å²) in [6, 6.07) is 5.89. The van der Waals surface area contributed by atoms with E-state index in [4.69, 9.17) is 0 Å². The molecule has 1 aliphatic heterocycles. The normalized spacial score (nSPS) is 20.6. The molecule has 2 N–H and O–H groups in total. The van der Waals surface area contributed by atoms with E-state index in [9.17, 15) is 14.6 Å². The number of piperidine rings is 1. The van der Waals surface area contributed by atoms with E-state index >= 15 is 0 Å². The Kier molecular flexibility index (Phi) is 4.32. The molecule has 0 amide bonds. The fourth-order valence-electron chi connectivity index (χ4n) is 2.62. The van der Waals surface area contributed by atoms with E-state index in [1.165, 1.54) is 18.6 Å². The summed E-state index contributed by atoms with van der Waals surface area (Å²) < 4.78 is 13.0. The van der Waals surface area contributed by atoms with Gasteiger partial charge in [0.2, 0.25) is 0 Å². The van der Waals surface area contributed by atoms with Gasteiger partial charge in [-0.3, -0.25) is 4.90 Å². The highest BCUT2D eigenvalue weighted by molar-refractivity contribution is 5.22. The van der Waals surface area contributed by atoms with Crippen molar-refractivity contribution >= 4 is 0 Å². The van der Waals surface area contributed by atoms with E-state index in [2.05, 4.69) is 0 Å². The van der Waals surface area contributed by atoms with Crippen LogP contribution in [-0.4, -0.2) is 34.8 Å². The quantitative estimate of drug-likeness (QED) is 0.860. The van der Waals surface area contributed by atoms with Crippen LogP contribution in [0.25, 0.3) is 0 Å². The average molecular weight is 253 g/mol. The van der Waals surface area contributed by atoms with Gasteiger partial charge in [0, 0.05) is 26.1 Å². The van der Waals surface area contributed by atoms with E-state index in [1.54, 1.807) is 12.1 Å². The van der Waals surface area contributed by atoms with Crippen molar-refractivity contribution in [2.45, 2.75) is 31.4 Å². The van der Waals surface area contributed by atoms with Crippen LogP contribution in [0.3, 0.4) is 0 Å². The molecule has 1 aromatic carbocycles. The van der Waals surface area contributed by atoms with Gasteiger partial charge in [0.15, 0.2) is 0 Å². The molecular weight excluding hydrogens is 233 g/mol. The van der Waals surface area contributed by atoms with Crippen LogP contribution in [0, 0.1) is 5.82 Å². The van der Waals surface area contributed by atoms with E-state index in [1.807, 2.05) is 4.90 Å². The Morgan fingerprint density at radius 1 is 1.11 bits per heavy atom. The highest BCUT2D eigenvalue weighted by Gasteiger charge is 2.36. The molecule has 3 nitrogen and oxygen atoms in total. The van der Waals surface area contributed by atoms with Gasteiger partial charge in [0.05, 0.1) is 0 Å². The van der Waals surface area contributed by atoms with Crippen LogP contribution in [0.15, 0.2) is 24.3 Å². The van der Waals surface area contributed by atoms with Gasteiger partial charge in [-0.15, -0.1) is 0 Å². The maximum absolute atomic E-state index is 13.0. The molecule has 1 unspecified atom stereocenters. The van der Waals surface area contributed by atoms with Gasteiger partial charge < -0.3 is 10.2 Å². The SMILES string of the molecule is OCCC(O)(c1ccc(F)cc1)N1CCCCC1. The van der Waals surface area contributed by atoms with Crippen molar-refractivity contribution in [3.05, 3.63) is 35.6 Å². The number of likely N-dealkylation sites (tertiary alicyclic amines) is 1. The van der Waals surface area contributed by atoms with Crippen molar-refractivity contribution in [1.82, 2.24) is 4.90 Å². The first-order valence-electron chi connectivity index (χ1n) is 6.51. The van der Waals surface area contributed by atoms with Crippen molar-refractivity contribution in [3.63, 3.8) is 0 Å². The number of aliphatic hydroxyl groups excluding tert-OH is 1. The molecule has 18 heavy (non-hydrogen) atoms. The molecule has 2 rings (SSSR count). The summed E-state index contributed by atoms with van der Waals surface area (Å²) >= 11 is 0. The van der Waals surface area contributed by atoms with Crippen LogP contribution >= 0.6 is 0 Å². The first-order chi connectivity index (χ1) is 8.66. The van der Waals surface area contributed by atoms with Crippen molar-refractivity contribution in [1.29, 1.82) is 0 Å². The van der Waals surface area contributed by atoms with Crippen LogP contribution in [0.2, 0.25) is 0 Å². The summed E-state index contributed by atoms with van der Waals surface area (Å²) in [6.07, 6.45) is 3.53. The van der Waals surface area contributed by atoms with Crippen molar-refractivity contribution < 1.29 is 14.6 Å². The van der Waals surface area contributed by atoms with Gasteiger partial charge in [-0.2, -0.15) is 0 Å². The minimum Gasteiger partial charge on any atom is -0.396 e. The number of aliphatic hydroxyl groups is 2. The lowest BCUT2D eigenvalue weighted by molar-refractivity contribution is -0.135. The first-order valence-corrected chi connectivity index (χ1v) is 6.51. The van der Waals surface area contributed by atoms with Crippen LogP contribution in [-0.2, 0) is 5.72 Å². The van der Waals surface area contributed by atoms with Crippen molar-refractivity contribution in [3.8, 4) is 0 Å². The summed E-state index contributed by atoms with van der Waals surface area (Å²) in [4.78, 5) is 1.99. The summed E-state index contributed by atoms with van der Waals surface area (Å²) in [6.45, 7) is 1.53. The Labute approximate surface area is 107 Å². The van der Waals surface area contributed by atoms with Crippen LogP contribution in [0.1, 0.15) is 31.2 Å².